The van der Waals surface area contributed by atoms with Gasteiger partial charge in [0.05, 0.1) is 5.56 Å². The van der Waals surface area contributed by atoms with Crippen molar-refractivity contribution in [3.8, 4) is 0 Å². The third-order valence-electron chi connectivity index (χ3n) is 3.18. The van der Waals surface area contributed by atoms with E-state index >= 15 is 0 Å². The topological polar surface area (TPSA) is 105 Å². The molecular formula is C18H18N2O5. The number of carboxylic acid groups (broad SMARTS) is 1. The molecule has 0 spiro atoms. The molecule has 0 heterocycles. The molecule has 7 nitrogen and oxygen atoms in total. The Balaban J connectivity index is 1.72. The van der Waals surface area contributed by atoms with Crippen molar-refractivity contribution in [2.75, 3.05) is 23.8 Å². The van der Waals surface area contributed by atoms with Gasteiger partial charge in [0.2, 0.25) is 11.8 Å². The summed E-state index contributed by atoms with van der Waals surface area (Å²) in [6.45, 7) is 1.38. The van der Waals surface area contributed by atoms with Gasteiger partial charge in [0.25, 0.3) is 0 Å². The van der Waals surface area contributed by atoms with Crippen LogP contribution in [0.4, 0.5) is 11.4 Å². The number of anilines is 2. The second kappa shape index (κ2) is 8.60. The van der Waals surface area contributed by atoms with Crippen LogP contribution in [0, 0.1) is 6.92 Å². The van der Waals surface area contributed by atoms with E-state index in [4.69, 9.17) is 9.84 Å². The molecule has 0 saturated heterocycles. The van der Waals surface area contributed by atoms with E-state index in [0.29, 0.717) is 11.4 Å². The van der Waals surface area contributed by atoms with E-state index in [9.17, 15) is 14.4 Å². The Kier molecular flexibility index (Phi) is 6.25. The third kappa shape index (κ3) is 6.08. The molecule has 0 fully saturated rings. The van der Waals surface area contributed by atoms with Gasteiger partial charge in [0.1, 0.15) is 13.2 Å². The van der Waals surface area contributed by atoms with E-state index in [2.05, 4.69) is 10.6 Å². The van der Waals surface area contributed by atoms with Crippen molar-refractivity contribution in [2.24, 2.45) is 0 Å². The number of amides is 2. The highest BCUT2D eigenvalue weighted by atomic mass is 16.5. The molecule has 0 aliphatic carbocycles. The van der Waals surface area contributed by atoms with Gasteiger partial charge < -0.3 is 20.5 Å². The van der Waals surface area contributed by atoms with E-state index in [-0.39, 0.29) is 24.7 Å². The van der Waals surface area contributed by atoms with Crippen LogP contribution in [0.5, 0.6) is 0 Å². The van der Waals surface area contributed by atoms with Crippen LogP contribution in [0.2, 0.25) is 0 Å². The number of hydrogen-bond acceptors (Lipinski definition) is 4. The lowest BCUT2D eigenvalue weighted by Crippen LogP contribution is -2.24. The predicted molar refractivity (Wildman–Crippen MR) is 92.7 cm³/mol. The van der Waals surface area contributed by atoms with Crippen molar-refractivity contribution in [3.05, 3.63) is 59.7 Å². The summed E-state index contributed by atoms with van der Waals surface area (Å²) in [6.07, 6.45) is 0. The van der Waals surface area contributed by atoms with Crippen LogP contribution in [-0.2, 0) is 14.3 Å². The van der Waals surface area contributed by atoms with Gasteiger partial charge in [-0.3, -0.25) is 9.59 Å². The van der Waals surface area contributed by atoms with Gasteiger partial charge in [0, 0.05) is 11.4 Å². The fourth-order valence-corrected chi connectivity index (χ4v) is 2.05. The fraction of sp³-hybridized carbons (Fsp3) is 0.167. The van der Waals surface area contributed by atoms with Crippen molar-refractivity contribution in [1.82, 2.24) is 0 Å². The molecule has 0 atom stereocenters. The van der Waals surface area contributed by atoms with Gasteiger partial charge in [-0.2, -0.15) is 0 Å². The smallest absolute Gasteiger partial charge is 0.335 e. The molecule has 0 saturated carbocycles. The van der Waals surface area contributed by atoms with Crippen LogP contribution in [0.25, 0.3) is 0 Å². The van der Waals surface area contributed by atoms with Crippen LogP contribution >= 0.6 is 0 Å². The third-order valence-corrected chi connectivity index (χ3v) is 3.18. The minimum absolute atomic E-state index is 0.127. The molecule has 0 aliphatic rings. The SMILES string of the molecule is Cc1cccc(NC(=O)COCC(=O)Nc2ccc(C(=O)O)cc2)c1. The van der Waals surface area contributed by atoms with E-state index in [1.165, 1.54) is 24.3 Å². The normalized spacial score (nSPS) is 10.1. The van der Waals surface area contributed by atoms with E-state index < -0.39 is 11.9 Å². The summed E-state index contributed by atoms with van der Waals surface area (Å²) in [6, 6.07) is 13.1. The van der Waals surface area contributed by atoms with E-state index in [1.54, 1.807) is 6.07 Å². The first-order valence-electron chi connectivity index (χ1n) is 7.51. The number of carboxylic acids is 1. The van der Waals surface area contributed by atoms with Gasteiger partial charge in [0.15, 0.2) is 0 Å². The highest BCUT2D eigenvalue weighted by Crippen LogP contribution is 2.10. The van der Waals surface area contributed by atoms with Gasteiger partial charge in [-0.25, -0.2) is 4.79 Å². The quantitative estimate of drug-likeness (QED) is 0.716. The Bertz CT molecular complexity index is 771. The zero-order chi connectivity index (χ0) is 18.2. The van der Waals surface area contributed by atoms with Gasteiger partial charge in [-0.05, 0) is 48.9 Å². The number of rotatable bonds is 7. The average Bonchev–Trinajstić information content (AvgIpc) is 2.55. The second-order valence-electron chi connectivity index (χ2n) is 5.34. The number of hydrogen-bond donors (Lipinski definition) is 3. The molecule has 2 amide bonds. The van der Waals surface area contributed by atoms with Crippen molar-refractivity contribution < 1.29 is 24.2 Å². The maximum Gasteiger partial charge on any atom is 0.335 e. The largest absolute Gasteiger partial charge is 0.478 e. The summed E-state index contributed by atoms with van der Waals surface area (Å²) >= 11 is 0. The summed E-state index contributed by atoms with van der Waals surface area (Å²) in [7, 11) is 0. The number of carbonyl (C=O) groups is 3. The second-order valence-corrected chi connectivity index (χ2v) is 5.34. The molecule has 130 valence electrons. The number of ether oxygens (including phenoxy) is 1. The first-order chi connectivity index (χ1) is 11.9. The molecule has 25 heavy (non-hydrogen) atoms. The summed E-state index contributed by atoms with van der Waals surface area (Å²) in [5.74, 6) is -1.84. The van der Waals surface area contributed by atoms with Gasteiger partial charge >= 0.3 is 5.97 Å². The standard InChI is InChI=1S/C18H18N2O5/c1-12-3-2-4-15(9-12)20-17(22)11-25-10-16(21)19-14-7-5-13(6-8-14)18(23)24/h2-9H,10-11H2,1H3,(H,19,21)(H,20,22)(H,23,24). The number of benzene rings is 2. The summed E-state index contributed by atoms with van der Waals surface area (Å²) in [4.78, 5) is 34.2. The fourth-order valence-electron chi connectivity index (χ4n) is 2.05. The predicted octanol–water partition coefficient (Wildman–Crippen LogP) is 2.29. The molecular weight excluding hydrogens is 324 g/mol. The van der Waals surface area contributed by atoms with E-state index in [1.807, 2.05) is 25.1 Å². The molecule has 2 aromatic rings. The molecule has 0 bridgehead atoms. The van der Waals surface area contributed by atoms with Crippen LogP contribution in [0.15, 0.2) is 48.5 Å². The Morgan fingerprint density at radius 3 is 2.08 bits per heavy atom. The zero-order valence-electron chi connectivity index (χ0n) is 13.6. The molecule has 7 heteroatoms. The lowest BCUT2D eigenvalue weighted by molar-refractivity contribution is -0.125. The molecule has 3 N–H and O–H groups in total. The highest BCUT2D eigenvalue weighted by molar-refractivity contribution is 5.94. The van der Waals surface area contributed by atoms with E-state index in [0.717, 1.165) is 5.56 Å². The van der Waals surface area contributed by atoms with Gasteiger partial charge in [-0.15, -0.1) is 0 Å². The first kappa shape index (κ1) is 18.2. The molecule has 0 radical (unpaired) electrons. The minimum atomic E-state index is -1.04. The van der Waals surface area contributed by atoms with Crippen molar-refractivity contribution in [1.29, 1.82) is 0 Å². The number of nitrogens with one attached hydrogen (secondary N) is 2. The Morgan fingerprint density at radius 1 is 0.920 bits per heavy atom. The number of carbonyl (C=O) groups excluding carboxylic acids is 2. The van der Waals surface area contributed by atoms with Crippen LogP contribution < -0.4 is 10.6 Å². The number of aryl methyl sites for hydroxylation is 1. The number of aromatic carboxylic acids is 1. The summed E-state index contributed by atoms with van der Waals surface area (Å²) in [5, 5.41) is 14.0. The Labute approximate surface area is 144 Å². The summed E-state index contributed by atoms with van der Waals surface area (Å²) in [5.41, 5.74) is 2.26. The maximum atomic E-state index is 11.7. The Morgan fingerprint density at radius 2 is 1.52 bits per heavy atom. The van der Waals surface area contributed by atoms with Crippen LogP contribution in [0.1, 0.15) is 15.9 Å². The summed E-state index contributed by atoms with van der Waals surface area (Å²) < 4.78 is 5.08. The average molecular weight is 342 g/mol. The molecule has 0 unspecified atom stereocenters. The minimum Gasteiger partial charge on any atom is -0.478 e. The van der Waals surface area contributed by atoms with Crippen LogP contribution in [0.3, 0.4) is 0 Å². The Hall–Kier alpha value is -3.19. The highest BCUT2D eigenvalue weighted by Gasteiger charge is 2.07. The van der Waals surface area contributed by atoms with Crippen LogP contribution in [-0.4, -0.2) is 36.1 Å². The maximum absolute atomic E-state index is 11.7. The van der Waals surface area contributed by atoms with Crippen molar-refractivity contribution >= 4 is 29.2 Å². The molecule has 2 aromatic carbocycles. The van der Waals surface area contributed by atoms with Gasteiger partial charge in [-0.1, -0.05) is 12.1 Å². The molecule has 0 aromatic heterocycles. The molecule has 0 aliphatic heterocycles. The first-order valence-corrected chi connectivity index (χ1v) is 7.51. The lowest BCUT2D eigenvalue weighted by Gasteiger charge is -2.08. The lowest BCUT2D eigenvalue weighted by atomic mass is 10.2. The zero-order valence-corrected chi connectivity index (χ0v) is 13.6. The van der Waals surface area contributed by atoms with Crippen molar-refractivity contribution in [2.45, 2.75) is 6.92 Å². The monoisotopic (exact) mass is 342 g/mol. The molecule has 2 rings (SSSR count). The van der Waals surface area contributed by atoms with Crippen molar-refractivity contribution in [3.63, 3.8) is 0 Å².